The van der Waals surface area contributed by atoms with Crippen LogP contribution in [-0.2, 0) is 17.6 Å². The number of rotatable bonds is 5. The molecule has 2 aromatic rings. The number of hydrogen-bond acceptors (Lipinski definition) is 3. The van der Waals surface area contributed by atoms with Crippen LogP contribution in [0.25, 0.3) is 0 Å². The molecule has 0 bridgehead atoms. The Morgan fingerprint density at radius 2 is 1.40 bits per heavy atom. The molecule has 0 spiro atoms. The van der Waals surface area contributed by atoms with E-state index in [-0.39, 0.29) is 12.5 Å². The molecule has 1 aliphatic rings. The number of benzene rings is 2. The Bertz CT molecular complexity index is 801. The topological polar surface area (TPSA) is 66.5 Å². The average Bonchev–Trinajstić information content (AvgIpc) is 2.87. The lowest BCUT2D eigenvalue weighted by Crippen LogP contribution is -2.37. The second-order valence-electron chi connectivity index (χ2n) is 5.95. The van der Waals surface area contributed by atoms with Gasteiger partial charge in [-0.2, -0.15) is 0 Å². The summed E-state index contributed by atoms with van der Waals surface area (Å²) in [5.41, 5.74) is 3.56. The van der Waals surface area contributed by atoms with Crippen LogP contribution < -0.4 is 5.32 Å². The predicted octanol–water partition coefficient (Wildman–Crippen LogP) is 3.05. The van der Waals surface area contributed by atoms with E-state index in [1.807, 2.05) is 32.0 Å². The molecule has 5 nitrogen and oxygen atoms in total. The minimum absolute atomic E-state index is 0.284. The molecular formula is C20H20N2O3. The van der Waals surface area contributed by atoms with Gasteiger partial charge in [0.05, 0.1) is 11.1 Å². The van der Waals surface area contributed by atoms with Gasteiger partial charge in [-0.3, -0.25) is 19.3 Å². The lowest BCUT2D eigenvalue weighted by atomic mass is 10.0. The van der Waals surface area contributed by atoms with E-state index >= 15 is 0 Å². The highest BCUT2D eigenvalue weighted by Crippen LogP contribution is 2.24. The minimum Gasteiger partial charge on any atom is -0.324 e. The number of carbonyl (C=O) groups excluding carboxylic acids is 3. The molecular weight excluding hydrogens is 316 g/mol. The van der Waals surface area contributed by atoms with Crippen molar-refractivity contribution in [2.75, 3.05) is 11.9 Å². The number of nitrogens with zero attached hydrogens (tertiary/aromatic N) is 1. The van der Waals surface area contributed by atoms with Crippen LogP contribution in [0.5, 0.6) is 0 Å². The van der Waals surface area contributed by atoms with E-state index in [0.717, 1.165) is 34.6 Å². The summed E-state index contributed by atoms with van der Waals surface area (Å²) < 4.78 is 0. The summed E-state index contributed by atoms with van der Waals surface area (Å²) in [4.78, 5) is 38.2. The lowest BCUT2D eigenvalue weighted by Gasteiger charge is -2.17. The summed E-state index contributed by atoms with van der Waals surface area (Å²) >= 11 is 0. The van der Waals surface area contributed by atoms with Crippen molar-refractivity contribution >= 4 is 23.4 Å². The highest BCUT2D eigenvalue weighted by Gasteiger charge is 2.36. The van der Waals surface area contributed by atoms with Crippen molar-refractivity contribution in [2.24, 2.45) is 0 Å². The molecule has 0 aromatic heterocycles. The maximum atomic E-state index is 12.5. The van der Waals surface area contributed by atoms with Gasteiger partial charge in [-0.15, -0.1) is 0 Å². The molecule has 128 valence electrons. The summed E-state index contributed by atoms with van der Waals surface area (Å²) in [6.45, 7) is 3.76. The van der Waals surface area contributed by atoms with Crippen LogP contribution in [0.15, 0.2) is 42.5 Å². The molecule has 2 aromatic carbocycles. The van der Waals surface area contributed by atoms with Crippen LogP contribution in [0.3, 0.4) is 0 Å². The van der Waals surface area contributed by atoms with E-state index in [0.29, 0.717) is 11.1 Å². The minimum atomic E-state index is -0.421. The van der Waals surface area contributed by atoms with Gasteiger partial charge < -0.3 is 5.32 Å². The predicted molar refractivity (Wildman–Crippen MR) is 95.6 cm³/mol. The third-order valence-corrected chi connectivity index (χ3v) is 4.44. The smallest absolute Gasteiger partial charge is 0.262 e. The Kier molecular flexibility index (Phi) is 4.65. The quantitative estimate of drug-likeness (QED) is 0.854. The third kappa shape index (κ3) is 3.05. The molecule has 5 heteroatoms. The Morgan fingerprint density at radius 3 is 1.88 bits per heavy atom. The first-order valence-corrected chi connectivity index (χ1v) is 8.42. The molecule has 1 heterocycles. The second-order valence-corrected chi connectivity index (χ2v) is 5.95. The summed E-state index contributed by atoms with van der Waals surface area (Å²) in [6.07, 6.45) is 1.58. The van der Waals surface area contributed by atoms with Crippen LogP contribution in [0, 0.1) is 0 Å². The highest BCUT2D eigenvalue weighted by molar-refractivity contribution is 6.22. The molecule has 0 fully saturated rings. The molecule has 0 aliphatic carbocycles. The van der Waals surface area contributed by atoms with Crippen molar-refractivity contribution in [1.29, 1.82) is 0 Å². The van der Waals surface area contributed by atoms with Crippen LogP contribution in [0.2, 0.25) is 0 Å². The molecule has 1 aliphatic heterocycles. The maximum Gasteiger partial charge on any atom is 0.262 e. The Hall–Kier alpha value is -2.95. The number of amides is 3. The summed E-state index contributed by atoms with van der Waals surface area (Å²) in [7, 11) is 0. The molecule has 3 rings (SSSR count). The fourth-order valence-corrected chi connectivity index (χ4v) is 3.11. The Balaban J connectivity index is 1.79. The van der Waals surface area contributed by atoms with Gasteiger partial charge in [0.1, 0.15) is 6.54 Å². The maximum absolute atomic E-state index is 12.5. The summed E-state index contributed by atoms with van der Waals surface area (Å²) in [6, 6.07) is 12.5. The number of nitrogens with one attached hydrogen (secondary N) is 1. The van der Waals surface area contributed by atoms with Crippen LogP contribution in [-0.4, -0.2) is 29.2 Å². The normalized spacial score (nSPS) is 13.1. The van der Waals surface area contributed by atoms with Crippen molar-refractivity contribution in [3.05, 3.63) is 64.7 Å². The van der Waals surface area contributed by atoms with Gasteiger partial charge in [0.25, 0.3) is 11.8 Å². The lowest BCUT2D eigenvalue weighted by molar-refractivity contribution is -0.116. The SMILES string of the molecule is CCc1cccc(CC)c1NC(=O)CN1C(=O)c2ccccc2C1=O. The molecule has 0 radical (unpaired) electrons. The molecule has 0 atom stereocenters. The molecule has 0 saturated carbocycles. The van der Waals surface area contributed by atoms with Crippen LogP contribution >= 0.6 is 0 Å². The van der Waals surface area contributed by atoms with Crippen molar-refractivity contribution in [2.45, 2.75) is 26.7 Å². The van der Waals surface area contributed by atoms with Gasteiger partial charge in [-0.05, 0) is 36.1 Å². The first-order valence-electron chi connectivity index (χ1n) is 8.42. The van der Waals surface area contributed by atoms with Crippen molar-refractivity contribution < 1.29 is 14.4 Å². The zero-order valence-corrected chi connectivity index (χ0v) is 14.3. The fourth-order valence-electron chi connectivity index (χ4n) is 3.11. The van der Waals surface area contributed by atoms with Gasteiger partial charge in [-0.1, -0.05) is 44.2 Å². The van der Waals surface area contributed by atoms with Crippen molar-refractivity contribution in [3.63, 3.8) is 0 Å². The zero-order chi connectivity index (χ0) is 18.0. The van der Waals surface area contributed by atoms with Gasteiger partial charge in [0.2, 0.25) is 5.91 Å². The van der Waals surface area contributed by atoms with Gasteiger partial charge in [0, 0.05) is 5.69 Å². The van der Waals surface area contributed by atoms with Gasteiger partial charge >= 0.3 is 0 Å². The highest BCUT2D eigenvalue weighted by atomic mass is 16.2. The monoisotopic (exact) mass is 336 g/mol. The van der Waals surface area contributed by atoms with E-state index < -0.39 is 11.8 Å². The standard InChI is InChI=1S/C20H20N2O3/c1-3-13-8-7-9-14(4-2)18(13)21-17(23)12-22-19(24)15-10-5-6-11-16(15)20(22)25/h5-11H,3-4,12H2,1-2H3,(H,21,23). The van der Waals surface area contributed by atoms with E-state index in [1.54, 1.807) is 24.3 Å². The first kappa shape index (κ1) is 16.9. The number of hydrogen-bond donors (Lipinski definition) is 1. The number of para-hydroxylation sites is 1. The summed E-state index contributed by atoms with van der Waals surface area (Å²) in [5.74, 6) is -1.21. The van der Waals surface area contributed by atoms with E-state index in [2.05, 4.69) is 5.32 Å². The number of aryl methyl sites for hydroxylation is 2. The molecule has 25 heavy (non-hydrogen) atoms. The molecule has 3 amide bonds. The van der Waals surface area contributed by atoms with Gasteiger partial charge in [-0.25, -0.2) is 0 Å². The number of carbonyl (C=O) groups is 3. The van der Waals surface area contributed by atoms with E-state index in [1.165, 1.54) is 0 Å². The average molecular weight is 336 g/mol. The van der Waals surface area contributed by atoms with Crippen molar-refractivity contribution in [1.82, 2.24) is 4.90 Å². The van der Waals surface area contributed by atoms with Gasteiger partial charge in [0.15, 0.2) is 0 Å². The zero-order valence-electron chi connectivity index (χ0n) is 14.3. The summed E-state index contributed by atoms with van der Waals surface area (Å²) in [5, 5.41) is 2.89. The number of fused-ring (bicyclic) bond motifs is 1. The number of anilines is 1. The third-order valence-electron chi connectivity index (χ3n) is 4.44. The first-order chi connectivity index (χ1) is 12.1. The molecule has 1 N–H and O–H groups in total. The Labute approximate surface area is 146 Å². The van der Waals surface area contributed by atoms with Crippen LogP contribution in [0.4, 0.5) is 5.69 Å². The second kappa shape index (κ2) is 6.89. The largest absolute Gasteiger partial charge is 0.324 e. The van der Waals surface area contributed by atoms with E-state index in [9.17, 15) is 14.4 Å². The molecule has 0 unspecified atom stereocenters. The van der Waals surface area contributed by atoms with Crippen molar-refractivity contribution in [3.8, 4) is 0 Å². The van der Waals surface area contributed by atoms with Crippen LogP contribution in [0.1, 0.15) is 45.7 Å². The number of imide groups is 1. The molecule has 0 saturated heterocycles. The Morgan fingerprint density at radius 1 is 0.880 bits per heavy atom. The fraction of sp³-hybridized carbons (Fsp3) is 0.250. The van der Waals surface area contributed by atoms with E-state index in [4.69, 9.17) is 0 Å².